The molecule has 9 nitrogen and oxygen atoms in total. The summed E-state index contributed by atoms with van der Waals surface area (Å²) < 4.78 is 12.9. The minimum Gasteiger partial charge on any atom is -0.497 e. The molecular weight excluding hydrogens is 430 g/mol. The number of aromatic nitrogens is 4. The molecule has 0 spiro atoms. The first kappa shape index (κ1) is 22.0. The van der Waals surface area contributed by atoms with Crippen LogP contribution >= 0.6 is 0 Å². The van der Waals surface area contributed by atoms with Crippen LogP contribution in [0.2, 0.25) is 0 Å². The second-order valence-electron chi connectivity index (χ2n) is 8.30. The Hall–Kier alpha value is -3.85. The number of nitrogens with zero attached hydrogens (tertiary/aromatic N) is 6. The minimum atomic E-state index is 0.544. The zero-order valence-electron chi connectivity index (χ0n) is 19.5. The molecule has 176 valence electrons. The van der Waals surface area contributed by atoms with E-state index in [1.54, 1.807) is 11.8 Å². The lowest BCUT2D eigenvalue weighted by molar-refractivity contribution is 0.200. The van der Waals surface area contributed by atoms with Crippen LogP contribution in [0.3, 0.4) is 0 Å². The molecule has 1 fully saturated rings. The molecule has 2 aromatic carbocycles. The summed E-state index contributed by atoms with van der Waals surface area (Å²) in [5.74, 6) is 2.88. The average Bonchev–Trinajstić information content (AvgIpc) is 3.17. The molecule has 9 heteroatoms. The summed E-state index contributed by atoms with van der Waals surface area (Å²) in [6, 6.07) is 17.8. The van der Waals surface area contributed by atoms with Crippen molar-refractivity contribution >= 4 is 22.8 Å². The van der Waals surface area contributed by atoms with E-state index < -0.39 is 0 Å². The molecule has 3 heterocycles. The van der Waals surface area contributed by atoms with Crippen molar-refractivity contribution in [1.82, 2.24) is 24.6 Å². The molecule has 4 aromatic rings. The Morgan fingerprint density at radius 1 is 0.941 bits per heavy atom. The second kappa shape index (κ2) is 9.56. The van der Waals surface area contributed by atoms with Gasteiger partial charge in [-0.1, -0.05) is 30.3 Å². The zero-order valence-corrected chi connectivity index (χ0v) is 19.5. The standard InChI is InChI=1S/C25H29N7O2/c1-30-23(26)21-22(18-7-6-10-20(17-18)33-2)27-25(28-24(21)29-30)32-13-11-31(12-14-32)15-16-34-19-8-4-3-5-9-19/h3-10,17H,11-16,26H2,1-2H3. The molecule has 2 N–H and O–H groups in total. The molecule has 5 rings (SSSR count). The molecule has 1 aliphatic heterocycles. The maximum Gasteiger partial charge on any atom is 0.228 e. The van der Waals surface area contributed by atoms with Gasteiger partial charge in [0.25, 0.3) is 0 Å². The summed E-state index contributed by atoms with van der Waals surface area (Å²) in [5, 5.41) is 5.30. The number of piperazine rings is 1. The highest BCUT2D eigenvalue weighted by atomic mass is 16.5. The summed E-state index contributed by atoms with van der Waals surface area (Å²) >= 11 is 0. The molecule has 1 saturated heterocycles. The number of ether oxygens (including phenoxy) is 2. The second-order valence-corrected chi connectivity index (χ2v) is 8.30. The van der Waals surface area contributed by atoms with Gasteiger partial charge in [-0.25, -0.2) is 4.98 Å². The number of nitrogen functional groups attached to an aromatic ring is 1. The number of nitrogens with two attached hydrogens (primary N) is 1. The smallest absolute Gasteiger partial charge is 0.228 e. The van der Waals surface area contributed by atoms with Crippen LogP contribution in [0.15, 0.2) is 54.6 Å². The van der Waals surface area contributed by atoms with Crippen LogP contribution in [0.1, 0.15) is 0 Å². The molecule has 2 aromatic heterocycles. The van der Waals surface area contributed by atoms with Gasteiger partial charge in [-0.3, -0.25) is 9.58 Å². The number of benzene rings is 2. The molecule has 0 amide bonds. The highest BCUT2D eigenvalue weighted by Gasteiger charge is 2.23. The largest absolute Gasteiger partial charge is 0.497 e. The van der Waals surface area contributed by atoms with E-state index in [0.29, 0.717) is 24.0 Å². The van der Waals surface area contributed by atoms with E-state index in [4.69, 9.17) is 25.2 Å². The molecule has 34 heavy (non-hydrogen) atoms. The third-order valence-corrected chi connectivity index (χ3v) is 6.15. The Morgan fingerprint density at radius 2 is 1.71 bits per heavy atom. The molecule has 0 radical (unpaired) electrons. The highest BCUT2D eigenvalue weighted by Crippen LogP contribution is 2.33. The number of fused-ring (bicyclic) bond motifs is 1. The predicted octanol–water partition coefficient (Wildman–Crippen LogP) is 2.82. The summed E-state index contributed by atoms with van der Waals surface area (Å²) in [4.78, 5) is 14.3. The number of rotatable bonds is 7. The van der Waals surface area contributed by atoms with E-state index in [2.05, 4.69) is 14.9 Å². The average molecular weight is 460 g/mol. The number of hydrogen-bond acceptors (Lipinski definition) is 8. The van der Waals surface area contributed by atoms with Gasteiger partial charge in [0.15, 0.2) is 5.65 Å². The van der Waals surface area contributed by atoms with E-state index >= 15 is 0 Å². The summed E-state index contributed by atoms with van der Waals surface area (Å²) in [6.45, 7) is 5.04. The Kier molecular flexibility index (Phi) is 6.18. The Morgan fingerprint density at radius 3 is 2.47 bits per heavy atom. The maximum absolute atomic E-state index is 6.34. The monoisotopic (exact) mass is 459 g/mol. The van der Waals surface area contributed by atoms with Gasteiger partial charge in [-0.2, -0.15) is 10.1 Å². The van der Waals surface area contributed by atoms with Crippen LogP contribution in [-0.2, 0) is 7.05 Å². The van der Waals surface area contributed by atoms with Crippen LogP contribution in [0.25, 0.3) is 22.3 Å². The van der Waals surface area contributed by atoms with Crippen molar-refractivity contribution in [2.45, 2.75) is 0 Å². The normalized spacial score (nSPS) is 14.5. The van der Waals surface area contributed by atoms with Gasteiger partial charge >= 0.3 is 0 Å². The van der Waals surface area contributed by atoms with Gasteiger partial charge in [-0.05, 0) is 24.3 Å². The number of anilines is 2. The topological polar surface area (TPSA) is 94.6 Å². The van der Waals surface area contributed by atoms with Crippen LogP contribution in [-0.4, -0.2) is 71.1 Å². The summed E-state index contributed by atoms with van der Waals surface area (Å²) in [7, 11) is 3.48. The summed E-state index contributed by atoms with van der Waals surface area (Å²) in [6.07, 6.45) is 0. The van der Waals surface area contributed by atoms with Crippen molar-refractivity contribution < 1.29 is 9.47 Å². The molecular formula is C25H29N7O2. The Bertz CT molecular complexity index is 1270. The number of hydrogen-bond donors (Lipinski definition) is 1. The zero-order chi connectivity index (χ0) is 23.5. The van der Waals surface area contributed by atoms with Crippen molar-refractivity contribution in [2.75, 3.05) is 57.1 Å². The van der Waals surface area contributed by atoms with Gasteiger partial charge in [0.05, 0.1) is 18.2 Å². The predicted molar refractivity (Wildman–Crippen MR) is 133 cm³/mol. The van der Waals surface area contributed by atoms with E-state index in [-0.39, 0.29) is 0 Å². The quantitative estimate of drug-likeness (QED) is 0.451. The number of methoxy groups -OCH3 is 1. The van der Waals surface area contributed by atoms with Crippen molar-refractivity contribution in [2.24, 2.45) is 7.05 Å². The first-order chi connectivity index (χ1) is 16.6. The Balaban J connectivity index is 1.33. The minimum absolute atomic E-state index is 0.544. The van der Waals surface area contributed by atoms with E-state index in [0.717, 1.165) is 60.9 Å². The SMILES string of the molecule is COc1cccc(-c2nc(N3CCN(CCOc4ccccc4)CC3)nc3nn(C)c(N)c23)c1. The Labute approximate surface area is 198 Å². The molecule has 0 unspecified atom stereocenters. The fraction of sp³-hybridized carbons (Fsp3) is 0.320. The van der Waals surface area contributed by atoms with E-state index in [1.165, 1.54) is 0 Å². The maximum atomic E-state index is 6.34. The third kappa shape index (κ3) is 4.47. The van der Waals surface area contributed by atoms with Gasteiger partial charge in [-0.15, -0.1) is 0 Å². The fourth-order valence-corrected chi connectivity index (χ4v) is 4.20. The van der Waals surface area contributed by atoms with Gasteiger partial charge in [0.1, 0.15) is 23.9 Å². The van der Waals surface area contributed by atoms with Crippen LogP contribution in [0, 0.1) is 0 Å². The number of aryl methyl sites for hydroxylation is 1. The van der Waals surface area contributed by atoms with Gasteiger partial charge in [0, 0.05) is 45.3 Å². The highest BCUT2D eigenvalue weighted by molar-refractivity contribution is 5.99. The molecule has 0 aliphatic carbocycles. The van der Waals surface area contributed by atoms with Crippen molar-refractivity contribution in [3.63, 3.8) is 0 Å². The first-order valence-corrected chi connectivity index (χ1v) is 11.4. The van der Waals surface area contributed by atoms with Gasteiger partial charge in [0.2, 0.25) is 5.95 Å². The van der Waals surface area contributed by atoms with Crippen molar-refractivity contribution in [3.8, 4) is 22.8 Å². The van der Waals surface area contributed by atoms with Crippen molar-refractivity contribution in [1.29, 1.82) is 0 Å². The van der Waals surface area contributed by atoms with Crippen LogP contribution < -0.4 is 20.1 Å². The van der Waals surface area contributed by atoms with Crippen LogP contribution in [0.5, 0.6) is 11.5 Å². The third-order valence-electron chi connectivity index (χ3n) is 6.15. The lowest BCUT2D eigenvalue weighted by Gasteiger charge is -2.34. The first-order valence-electron chi connectivity index (χ1n) is 11.4. The molecule has 0 atom stereocenters. The number of para-hydroxylation sites is 1. The van der Waals surface area contributed by atoms with E-state index in [9.17, 15) is 0 Å². The van der Waals surface area contributed by atoms with Gasteiger partial charge < -0.3 is 20.1 Å². The van der Waals surface area contributed by atoms with E-state index in [1.807, 2.05) is 61.6 Å². The molecule has 0 bridgehead atoms. The van der Waals surface area contributed by atoms with Crippen molar-refractivity contribution in [3.05, 3.63) is 54.6 Å². The summed E-state index contributed by atoms with van der Waals surface area (Å²) in [5.41, 5.74) is 8.63. The molecule has 0 saturated carbocycles. The fourth-order valence-electron chi connectivity index (χ4n) is 4.20. The van der Waals surface area contributed by atoms with Crippen LogP contribution in [0.4, 0.5) is 11.8 Å². The lowest BCUT2D eigenvalue weighted by Crippen LogP contribution is -2.48. The lowest BCUT2D eigenvalue weighted by atomic mass is 10.1. The molecule has 1 aliphatic rings.